The molecular weight excluding hydrogens is 456 g/mol. The lowest BCUT2D eigenvalue weighted by Crippen LogP contribution is -2.30. The number of Topliss-reactive ketones (excluding diaryl/α,β-unsaturated/α-hetero) is 1. The van der Waals surface area contributed by atoms with Crippen LogP contribution in [0.25, 0.3) is 0 Å². The van der Waals surface area contributed by atoms with Gasteiger partial charge in [-0.05, 0) is 49.1 Å². The lowest BCUT2D eigenvalue weighted by Gasteiger charge is -2.28. The van der Waals surface area contributed by atoms with Crippen LogP contribution in [0.1, 0.15) is 72.0 Å². The lowest BCUT2D eigenvalue weighted by molar-refractivity contribution is 0.0953. The molecule has 2 N–H and O–H groups in total. The molecule has 8 heteroatoms. The second-order valence-electron chi connectivity index (χ2n) is 10.1. The number of anilines is 1. The van der Waals surface area contributed by atoms with E-state index in [2.05, 4.69) is 26.1 Å². The fraction of sp³-hybridized carbons (Fsp3) is 0.464. The number of hydrogen-bond donors (Lipinski definition) is 2. The van der Waals surface area contributed by atoms with E-state index in [0.717, 1.165) is 22.6 Å². The quantitative estimate of drug-likeness (QED) is 0.507. The van der Waals surface area contributed by atoms with Gasteiger partial charge in [-0.2, -0.15) is 0 Å². The minimum atomic E-state index is -0.274. The highest BCUT2D eigenvalue weighted by Gasteiger charge is 2.30. The highest BCUT2D eigenvalue weighted by atomic mass is 16.5. The molecule has 1 amide bonds. The van der Waals surface area contributed by atoms with Gasteiger partial charge in [0.05, 0.1) is 31.0 Å². The van der Waals surface area contributed by atoms with Crippen molar-refractivity contribution < 1.29 is 19.1 Å². The summed E-state index contributed by atoms with van der Waals surface area (Å²) in [6, 6.07) is 7.28. The molecule has 2 aromatic carbocycles. The summed E-state index contributed by atoms with van der Waals surface area (Å²) in [5, 5.41) is 11.3. The Bertz CT molecular complexity index is 1180. The molecule has 1 aliphatic heterocycles. The number of rotatable bonds is 9. The van der Waals surface area contributed by atoms with Crippen LogP contribution in [0.4, 0.5) is 5.69 Å². The van der Waals surface area contributed by atoms with E-state index in [-0.39, 0.29) is 29.5 Å². The molecule has 0 saturated heterocycles. The largest absolute Gasteiger partial charge is 0.493 e. The van der Waals surface area contributed by atoms with Gasteiger partial charge in [0.2, 0.25) is 0 Å². The van der Waals surface area contributed by atoms with E-state index in [0.29, 0.717) is 42.2 Å². The molecule has 0 radical (unpaired) electrons. The van der Waals surface area contributed by atoms with Gasteiger partial charge in [-0.3, -0.25) is 15.0 Å². The Hall–Kier alpha value is -3.55. The molecule has 0 aromatic heterocycles. The summed E-state index contributed by atoms with van der Waals surface area (Å²) in [6.07, 6.45) is 0. The third-order valence-corrected chi connectivity index (χ3v) is 6.21. The molecule has 0 unspecified atom stereocenters. The molecule has 194 valence electrons. The van der Waals surface area contributed by atoms with Crippen LogP contribution < -0.4 is 19.7 Å². The molecule has 0 fully saturated rings. The number of benzene rings is 2. The summed E-state index contributed by atoms with van der Waals surface area (Å²) in [7, 11) is 5.43. The van der Waals surface area contributed by atoms with E-state index in [1.807, 2.05) is 45.0 Å². The van der Waals surface area contributed by atoms with E-state index >= 15 is 0 Å². The standard InChI is InChI=1S/C28H38N4O4/c1-9-35-24-13-18-15-32(26(29)19(18)14-20(24)27(34)30-6)16-23(33)17-11-21(28(3,4)5)25(36-10-2)22(12-17)31(7)8/h11-14,29H,9-10,15-16H2,1-8H3,(H,30,34). The van der Waals surface area contributed by atoms with Crippen molar-refractivity contribution in [2.75, 3.05) is 45.8 Å². The Morgan fingerprint density at radius 3 is 2.31 bits per heavy atom. The molecule has 1 heterocycles. The van der Waals surface area contributed by atoms with E-state index < -0.39 is 0 Å². The maximum atomic E-state index is 13.5. The zero-order valence-electron chi connectivity index (χ0n) is 22.7. The summed E-state index contributed by atoms with van der Waals surface area (Å²) in [4.78, 5) is 29.6. The average Bonchev–Trinajstić information content (AvgIpc) is 3.11. The van der Waals surface area contributed by atoms with Gasteiger partial charge in [0.25, 0.3) is 5.91 Å². The van der Waals surface area contributed by atoms with Gasteiger partial charge in [-0.25, -0.2) is 0 Å². The molecule has 0 bridgehead atoms. The first kappa shape index (κ1) is 27.0. The Morgan fingerprint density at radius 2 is 1.75 bits per heavy atom. The molecule has 0 atom stereocenters. The zero-order valence-corrected chi connectivity index (χ0v) is 22.7. The lowest BCUT2D eigenvalue weighted by atomic mass is 9.84. The van der Waals surface area contributed by atoms with Gasteiger partial charge in [0, 0.05) is 44.4 Å². The van der Waals surface area contributed by atoms with Crippen LogP contribution in [0.2, 0.25) is 0 Å². The number of nitrogens with one attached hydrogen (secondary N) is 2. The summed E-state index contributed by atoms with van der Waals surface area (Å²) in [5.41, 5.74) is 4.05. The normalized spacial score (nSPS) is 12.9. The van der Waals surface area contributed by atoms with Crippen LogP contribution in [0.5, 0.6) is 11.5 Å². The minimum absolute atomic E-state index is 0.0528. The number of amides is 1. The Morgan fingerprint density at radius 1 is 1.08 bits per heavy atom. The molecule has 2 aromatic rings. The summed E-state index contributed by atoms with van der Waals surface area (Å²) in [5.74, 6) is 1.14. The van der Waals surface area contributed by atoms with Crippen LogP contribution in [0, 0.1) is 5.41 Å². The first-order chi connectivity index (χ1) is 16.9. The Kier molecular flexibility index (Phi) is 7.96. The predicted molar refractivity (Wildman–Crippen MR) is 143 cm³/mol. The molecule has 0 aliphatic carbocycles. The SMILES string of the molecule is CCOc1cc2c(cc1C(=O)NC)C(=N)N(CC(=O)c1cc(N(C)C)c(OCC)c(C(C)(C)C)c1)C2. The fourth-order valence-corrected chi connectivity index (χ4v) is 4.37. The Balaban J connectivity index is 1.95. The maximum absolute atomic E-state index is 13.5. The van der Waals surface area contributed by atoms with Gasteiger partial charge >= 0.3 is 0 Å². The number of ketones is 1. The first-order valence-electron chi connectivity index (χ1n) is 12.3. The second-order valence-corrected chi connectivity index (χ2v) is 10.1. The number of carbonyl (C=O) groups excluding carboxylic acids is 2. The molecule has 0 saturated carbocycles. The molecule has 1 aliphatic rings. The number of hydrogen-bond acceptors (Lipinski definition) is 6. The van der Waals surface area contributed by atoms with Crippen LogP contribution in [-0.4, -0.2) is 63.3 Å². The third-order valence-electron chi connectivity index (χ3n) is 6.21. The van der Waals surface area contributed by atoms with E-state index in [9.17, 15) is 9.59 Å². The van der Waals surface area contributed by atoms with E-state index in [4.69, 9.17) is 14.9 Å². The number of carbonyl (C=O) groups is 2. The van der Waals surface area contributed by atoms with Gasteiger partial charge in [-0.15, -0.1) is 0 Å². The highest BCUT2D eigenvalue weighted by molar-refractivity contribution is 6.08. The predicted octanol–water partition coefficient (Wildman–Crippen LogP) is 4.23. The van der Waals surface area contributed by atoms with E-state index in [1.165, 1.54) is 0 Å². The number of ether oxygens (including phenoxy) is 2. The number of amidine groups is 1. The van der Waals surface area contributed by atoms with Gasteiger partial charge in [0.15, 0.2) is 5.78 Å². The summed E-state index contributed by atoms with van der Waals surface area (Å²) < 4.78 is 11.7. The van der Waals surface area contributed by atoms with Crippen LogP contribution in [0.15, 0.2) is 24.3 Å². The fourth-order valence-electron chi connectivity index (χ4n) is 4.37. The summed E-state index contributed by atoms with van der Waals surface area (Å²) >= 11 is 0. The van der Waals surface area contributed by atoms with Crippen molar-refractivity contribution in [2.24, 2.45) is 0 Å². The zero-order chi connectivity index (χ0) is 26.8. The van der Waals surface area contributed by atoms with Crippen LogP contribution >= 0.6 is 0 Å². The van der Waals surface area contributed by atoms with Crippen molar-refractivity contribution in [3.63, 3.8) is 0 Å². The summed E-state index contributed by atoms with van der Waals surface area (Å²) in [6.45, 7) is 11.5. The number of fused-ring (bicyclic) bond motifs is 1. The minimum Gasteiger partial charge on any atom is -0.493 e. The molecule has 0 spiro atoms. The van der Waals surface area contributed by atoms with Crippen LogP contribution in [0.3, 0.4) is 0 Å². The van der Waals surface area contributed by atoms with E-state index in [1.54, 1.807) is 24.1 Å². The maximum Gasteiger partial charge on any atom is 0.254 e. The molecular formula is C28H38N4O4. The monoisotopic (exact) mass is 494 g/mol. The highest BCUT2D eigenvalue weighted by Crippen LogP contribution is 2.40. The van der Waals surface area contributed by atoms with Crippen molar-refractivity contribution in [3.05, 3.63) is 52.1 Å². The van der Waals surface area contributed by atoms with Crippen molar-refractivity contribution >= 4 is 23.2 Å². The molecule has 36 heavy (non-hydrogen) atoms. The average molecular weight is 495 g/mol. The Labute approximate surface area is 214 Å². The van der Waals surface area contributed by atoms with Gasteiger partial charge in [0.1, 0.15) is 17.3 Å². The smallest absolute Gasteiger partial charge is 0.254 e. The number of nitrogens with zero attached hydrogens (tertiary/aromatic N) is 2. The third kappa shape index (κ3) is 5.32. The van der Waals surface area contributed by atoms with Crippen molar-refractivity contribution in [1.82, 2.24) is 10.2 Å². The molecule has 8 nitrogen and oxygen atoms in total. The van der Waals surface area contributed by atoms with Crippen molar-refractivity contribution in [1.29, 1.82) is 5.41 Å². The van der Waals surface area contributed by atoms with Crippen molar-refractivity contribution in [3.8, 4) is 11.5 Å². The van der Waals surface area contributed by atoms with Crippen molar-refractivity contribution in [2.45, 2.75) is 46.6 Å². The van der Waals surface area contributed by atoms with Crippen LogP contribution in [-0.2, 0) is 12.0 Å². The van der Waals surface area contributed by atoms with Gasteiger partial charge in [-0.1, -0.05) is 20.8 Å². The second kappa shape index (κ2) is 10.6. The first-order valence-corrected chi connectivity index (χ1v) is 12.3. The van der Waals surface area contributed by atoms with Gasteiger partial charge < -0.3 is 24.6 Å². The molecule has 3 rings (SSSR count). The topological polar surface area (TPSA) is 95.0 Å².